The van der Waals surface area contributed by atoms with Gasteiger partial charge in [-0.25, -0.2) is 14.6 Å². The number of halogens is 3. The number of nitrogens with zero attached hydrogens (tertiary/aromatic N) is 6. The SMILES string of the molecule is COc1cc(-c2nn(C3CCC(N4CCN(C)CC4)CC3)c3ncnc(N)c23)ccc1NC(=O)c1cccc(OC(F)(F)F)c1. The highest BCUT2D eigenvalue weighted by Crippen LogP contribution is 2.39. The average Bonchev–Trinajstić information content (AvgIpc) is 3.42. The van der Waals surface area contributed by atoms with Crippen molar-refractivity contribution >= 4 is 28.4 Å². The monoisotopic (exact) mass is 624 g/mol. The lowest BCUT2D eigenvalue weighted by Gasteiger charge is -2.41. The van der Waals surface area contributed by atoms with Crippen LogP contribution >= 0.6 is 0 Å². The van der Waals surface area contributed by atoms with E-state index in [1.807, 2.05) is 4.68 Å². The number of nitrogens with one attached hydrogen (secondary N) is 1. The van der Waals surface area contributed by atoms with Gasteiger partial charge in [-0.05, 0) is 63.1 Å². The summed E-state index contributed by atoms with van der Waals surface area (Å²) in [5.74, 6) is -0.486. The number of hydrogen-bond acceptors (Lipinski definition) is 9. The number of nitrogen functional groups attached to an aromatic ring is 1. The number of carbonyl (C=O) groups is 1. The van der Waals surface area contributed by atoms with Crippen molar-refractivity contribution in [3.63, 3.8) is 0 Å². The molecule has 1 aliphatic carbocycles. The Hall–Kier alpha value is -4.43. The smallest absolute Gasteiger partial charge is 0.495 e. The Kier molecular flexibility index (Phi) is 8.51. The van der Waals surface area contributed by atoms with Crippen molar-refractivity contribution in [1.82, 2.24) is 29.5 Å². The molecule has 0 bridgehead atoms. The van der Waals surface area contributed by atoms with Crippen LogP contribution in [0.15, 0.2) is 48.8 Å². The van der Waals surface area contributed by atoms with Gasteiger partial charge in [0.25, 0.3) is 5.91 Å². The third-order valence-corrected chi connectivity index (χ3v) is 8.64. The first-order chi connectivity index (χ1) is 21.6. The largest absolute Gasteiger partial charge is 0.573 e. The van der Waals surface area contributed by atoms with Crippen molar-refractivity contribution in [2.24, 2.45) is 0 Å². The Labute approximate surface area is 258 Å². The summed E-state index contributed by atoms with van der Waals surface area (Å²) in [5.41, 5.74) is 8.62. The minimum atomic E-state index is -4.87. The van der Waals surface area contributed by atoms with Crippen LogP contribution in [0.1, 0.15) is 42.1 Å². The van der Waals surface area contributed by atoms with Gasteiger partial charge < -0.3 is 25.4 Å². The number of ether oxygens (including phenoxy) is 2. The number of nitrogens with two attached hydrogens (primary N) is 1. The molecule has 0 atom stereocenters. The maximum absolute atomic E-state index is 12.9. The lowest BCUT2D eigenvalue weighted by Crippen LogP contribution is -2.49. The highest BCUT2D eigenvalue weighted by Gasteiger charge is 2.32. The van der Waals surface area contributed by atoms with E-state index in [-0.39, 0.29) is 11.6 Å². The van der Waals surface area contributed by atoms with Crippen LogP contribution in [0.4, 0.5) is 24.7 Å². The molecule has 6 rings (SSSR count). The summed E-state index contributed by atoms with van der Waals surface area (Å²) < 4.78 is 49.5. The topological polar surface area (TPSA) is 124 Å². The number of anilines is 2. The zero-order chi connectivity index (χ0) is 31.7. The third kappa shape index (κ3) is 6.66. The van der Waals surface area contributed by atoms with E-state index in [1.165, 1.54) is 25.6 Å². The Bertz CT molecular complexity index is 1680. The lowest BCUT2D eigenvalue weighted by molar-refractivity contribution is -0.274. The second kappa shape index (κ2) is 12.5. The van der Waals surface area contributed by atoms with Crippen LogP contribution in [0.3, 0.4) is 0 Å². The lowest BCUT2D eigenvalue weighted by atomic mass is 9.90. The molecule has 11 nitrogen and oxygen atoms in total. The molecule has 0 unspecified atom stereocenters. The van der Waals surface area contributed by atoms with Gasteiger partial charge in [-0.3, -0.25) is 9.69 Å². The molecule has 1 saturated heterocycles. The van der Waals surface area contributed by atoms with Crippen molar-refractivity contribution in [1.29, 1.82) is 0 Å². The van der Waals surface area contributed by atoms with Gasteiger partial charge in [-0.2, -0.15) is 5.10 Å². The summed E-state index contributed by atoms with van der Waals surface area (Å²) in [6, 6.07) is 10.7. The van der Waals surface area contributed by atoms with Gasteiger partial charge in [0.1, 0.15) is 29.3 Å². The molecule has 45 heavy (non-hydrogen) atoms. The van der Waals surface area contributed by atoms with Crippen molar-refractivity contribution in [3.8, 4) is 22.8 Å². The van der Waals surface area contributed by atoms with Crippen molar-refractivity contribution < 1.29 is 27.4 Å². The van der Waals surface area contributed by atoms with E-state index in [9.17, 15) is 18.0 Å². The van der Waals surface area contributed by atoms with E-state index in [1.54, 1.807) is 18.2 Å². The minimum absolute atomic E-state index is 0.0140. The molecule has 0 radical (unpaired) electrons. The fraction of sp³-hybridized carbons (Fsp3) is 0.419. The fourth-order valence-corrected chi connectivity index (χ4v) is 6.28. The van der Waals surface area contributed by atoms with Crippen LogP contribution in [0, 0.1) is 0 Å². The molecule has 4 aromatic rings. The van der Waals surface area contributed by atoms with E-state index in [0.29, 0.717) is 45.6 Å². The predicted molar refractivity (Wildman–Crippen MR) is 163 cm³/mol. The number of benzene rings is 2. The number of carbonyl (C=O) groups excluding carboxylic acids is 1. The van der Waals surface area contributed by atoms with Crippen LogP contribution < -0.4 is 20.5 Å². The summed E-state index contributed by atoms with van der Waals surface area (Å²) in [4.78, 5) is 26.7. The summed E-state index contributed by atoms with van der Waals surface area (Å²) in [7, 11) is 3.63. The standard InChI is InChI=1S/C31H35F3N8O3/c1-40-12-14-41(15-13-40)21-7-9-22(10-8-21)42-29-26(28(35)36-18-37-29)27(39-42)19-6-11-24(25(17-19)44-2)38-30(43)20-4-3-5-23(16-20)45-31(32,33)34/h3-6,11,16-18,21-22H,7-10,12-15H2,1-2H3,(H,38,43)(H2,35,36,37). The predicted octanol–water partition coefficient (Wildman–Crippen LogP) is 4.97. The number of piperazine rings is 1. The molecule has 1 aliphatic heterocycles. The van der Waals surface area contributed by atoms with Crippen LogP contribution in [-0.4, -0.2) is 88.2 Å². The van der Waals surface area contributed by atoms with Gasteiger partial charge in [0.2, 0.25) is 0 Å². The number of alkyl halides is 3. The number of aromatic nitrogens is 4. The molecule has 238 valence electrons. The summed E-state index contributed by atoms with van der Waals surface area (Å²) >= 11 is 0. The Morgan fingerprint density at radius 3 is 2.44 bits per heavy atom. The first kappa shape index (κ1) is 30.6. The van der Waals surface area contributed by atoms with Gasteiger partial charge in [0.15, 0.2) is 5.65 Å². The number of methoxy groups -OCH3 is 1. The number of hydrogen-bond donors (Lipinski definition) is 2. The number of likely N-dealkylation sites (N-methyl/N-ethyl adjacent to an activating group) is 1. The van der Waals surface area contributed by atoms with E-state index >= 15 is 0 Å². The zero-order valence-electron chi connectivity index (χ0n) is 25.0. The molecule has 1 saturated carbocycles. The highest BCUT2D eigenvalue weighted by atomic mass is 19.4. The molecule has 2 aliphatic rings. The zero-order valence-corrected chi connectivity index (χ0v) is 25.0. The molecule has 0 spiro atoms. The molecule has 1 amide bonds. The van der Waals surface area contributed by atoms with E-state index in [2.05, 4.69) is 36.9 Å². The fourth-order valence-electron chi connectivity index (χ4n) is 6.28. The number of amides is 1. The van der Waals surface area contributed by atoms with Gasteiger partial charge >= 0.3 is 6.36 Å². The van der Waals surface area contributed by atoms with Gasteiger partial charge in [0.05, 0.1) is 24.2 Å². The van der Waals surface area contributed by atoms with Gasteiger partial charge in [-0.15, -0.1) is 13.2 Å². The van der Waals surface area contributed by atoms with Gasteiger partial charge in [-0.1, -0.05) is 12.1 Å². The third-order valence-electron chi connectivity index (χ3n) is 8.64. The maximum Gasteiger partial charge on any atom is 0.573 e. The average molecular weight is 625 g/mol. The van der Waals surface area contributed by atoms with Crippen LogP contribution in [0.5, 0.6) is 11.5 Å². The van der Waals surface area contributed by atoms with Crippen molar-refractivity contribution in [3.05, 3.63) is 54.4 Å². The highest BCUT2D eigenvalue weighted by molar-refractivity contribution is 6.06. The van der Waals surface area contributed by atoms with E-state index in [4.69, 9.17) is 15.6 Å². The van der Waals surface area contributed by atoms with Gasteiger partial charge in [0, 0.05) is 43.3 Å². The minimum Gasteiger partial charge on any atom is -0.495 e. The van der Waals surface area contributed by atoms with Crippen molar-refractivity contribution in [2.75, 3.05) is 51.4 Å². The molecular formula is C31H35F3N8O3. The number of fused-ring (bicyclic) bond motifs is 1. The summed E-state index contributed by atoms with van der Waals surface area (Å²) in [6.07, 6.45) is 0.687. The number of rotatable bonds is 7. The first-order valence-electron chi connectivity index (χ1n) is 14.9. The van der Waals surface area contributed by atoms with E-state index < -0.39 is 18.0 Å². The normalized spacial score (nSPS) is 19.8. The van der Waals surface area contributed by atoms with Crippen LogP contribution in [0.25, 0.3) is 22.3 Å². The molecule has 3 heterocycles. The Balaban J connectivity index is 1.24. The second-order valence-electron chi connectivity index (χ2n) is 11.5. The Morgan fingerprint density at radius 1 is 1.00 bits per heavy atom. The molecule has 2 aromatic carbocycles. The summed E-state index contributed by atoms with van der Waals surface area (Å²) in [5, 5.41) is 8.35. The molecule has 2 fully saturated rings. The van der Waals surface area contributed by atoms with E-state index in [0.717, 1.165) is 64.0 Å². The van der Waals surface area contributed by atoms with Crippen molar-refractivity contribution in [2.45, 2.75) is 44.1 Å². The maximum atomic E-state index is 12.9. The molecular weight excluding hydrogens is 589 g/mol. The van der Waals surface area contributed by atoms with Crippen LogP contribution in [-0.2, 0) is 0 Å². The quantitative estimate of drug-likeness (QED) is 0.294. The molecule has 3 N–H and O–H groups in total. The molecule has 14 heteroatoms. The summed E-state index contributed by atoms with van der Waals surface area (Å²) in [6.45, 7) is 4.39. The second-order valence-corrected chi connectivity index (χ2v) is 11.5. The van der Waals surface area contributed by atoms with Crippen LogP contribution in [0.2, 0.25) is 0 Å². The molecule has 2 aromatic heterocycles. The Morgan fingerprint density at radius 2 is 1.73 bits per heavy atom. The first-order valence-corrected chi connectivity index (χ1v) is 14.9.